The molecule has 1 aromatic carbocycles. The van der Waals surface area contributed by atoms with Gasteiger partial charge >= 0.3 is 0 Å². The number of rotatable bonds is 4. The largest absolute Gasteiger partial charge is 0.326 e. The zero-order valence-corrected chi connectivity index (χ0v) is 12.7. The maximum Gasteiger partial charge on any atom is 0.225 e. The highest BCUT2D eigenvalue weighted by atomic mass is 79.9. The second kappa shape index (κ2) is 7.03. The van der Waals surface area contributed by atoms with Crippen molar-refractivity contribution in [3.05, 3.63) is 28.7 Å². The normalized spacial score (nSPS) is 18.0. The molecule has 4 nitrogen and oxygen atoms in total. The summed E-state index contributed by atoms with van der Waals surface area (Å²) in [7, 11) is 0. The van der Waals surface area contributed by atoms with Crippen LogP contribution in [0.5, 0.6) is 0 Å². The summed E-state index contributed by atoms with van der Waals surface area (Å²) in [4.78, 5) is 14.4. The highest BCUT2D eigenvalue weighted by molar-refractivity contribution is 9.10. The van der Waals surface area contributed by atoms with Gasteiger partial charge < -0.3 is 10.6 Å². The van der Waals surface area contributed by atoms with Crippen molar-refractivity contribution in [3.63, 3.8) is 0 Å². The fourth-order valence-corrected chi connectivity index (χ4v) is 2.70. The van der Waals surface area contributed by atoms with Crippen LogP contribution in [0.2, 0.25) is 0 Å². The van der Waals surface area contributed by atoms with Gasteiger partial charge in [0.1, 0.15) is 0 Å². The van der Waals surface area contributed by atoms with Gasteiger partial charge in [-0.25, -0.2) is 0 Å². The number of amides is 1. The van der Waals surface area contributed by atoms with Gasteiger partial charge in [0.05, 0.1) is 0 Å². The lowest BCUT2D eigenvalue weighted by atomic mass is 10.1. The second-order valence-corrected chi connectivity index (χ2v) is 5.81. The third kappa shape index (κ3) is 4.60. The first-order chi connectivity index (χ1) is 9.15. The van der Waals surface area contributed by atoms with Crippen LogP contribution in [0.3, 0.4) is 0 Å². The molecule has 1 saturated heterocycles. The van der Waals surface area contributed by atoms with Crippen LogP contribution in [0.25, 0.3) is 0 Å². The van der Waals surface area contributed by atoms with Crippen molar-refractivity contribution in [3.8, 4) is 0 Å². The van der Waals surface area contributed by atoms with E-state index in [1.807, 2.05) is 24.3 Å². The van der Waals surface area contributed by atoms with Crippen molar-refractivity contribution < 1.29 is 4.79 Å². The quantitative estimate of drug-likeness (QED) is 0.890. The van der Waals surface area contributed by atoms with Crippen LogP contribution in [0, 0.1) is 0 Å². The Balaban J connectivity index is 1.83. The maximum absolute atomic E-state index is 12.0. The Morgan fingerprint density at radius 2 is 2.21 bits per heavy atom. The summed E-state index contributed by atoms with van der Waals surface area (Å²) in [5, 5.41) is 6.26. The van der Waals surface area contributed by atoms with E-state index < -0.39 is 0 Å². The Hall–Kier alpha value is -0.910. The lowest BCUT2D eigenvalue weighted by Gasteiger charge is -2.32. The van der Waals surface area contributed by atoms with E-state index in [4.69, 9.17) is 0 Å². The fourth-order valence-electron chi connectivity index (χ4n) is 2.30. The Bertz CT molecular complexity index is 432. The van der Waals surface area contributed by atoms with E-state index in [2.05, 4.69) is 38.4 Å². The first-order valence-electron chi connectivity index (χ1n) is 6.65. The van der Waals surface area contributed by atoms with Crippen molar-refractivity contribution in [2.75, 3.05) is 31.5 Å². The molecule has 1 atom stereocenters. The molecule has 1 aliphatic rings. The van der Waals surface area contributed by atoms with Gasteiger partial charge in [0, 0.05) is 48.8 Å². The number of benzene rings is 1. The van der Waals surface area contributed by atoms with E-state index in [1.54, 1.807) is 0 Å². The summed E-state index contributed by atoms with van der Waals surface area (Å²) in [6.45, 7) is 6.18. The first kappa shape index (κ1) is 14.5. The molecule has 0 aliphatic carbocycles. The van der Waals surface area contributed by atoms with Gasteiger partial charge in [-0.1, -0.05) is 22.0 Å². The number of nitrogens with zero attached hydrogens (tertiary/aromatic N) is 1. The molecule has 0 spiro atoms. The zero-order chi connectivity index (χ0) is 13.7. The van der Waals surface area contributed by atoms with Gasteiger partial charge in [-0.15, -0.1) is 0 Å². The van der Waals surface area contributed by atoms with Crippen LogP contribution in [-0.4, -0.2) is 43.0 Å². The summed E-state index contributed by atoms with van der Waals surface area (Å²) in [5.41, 5.74) is 0.840. The number of hydrogen-bond donors (Lipinski definition) is 2. The Labute approximate surface area is 122 Å². The SMILES string of the molecule is CC(CC(=O)Nc1cccc(Br)c1)N1CCNCC1. The second-order valence-electron chi connectivity index (χ2n) is 4.90. The molecule has 1 heterocycles. The predicted molar refractivity (Wildman–Crippen MR) is 81.3 cm³/mol. The van der Waals surface area contributed by atoms with Gasteiger partial charge in [-0.2, -0.15) is 0 Å². The molecule has 19 heavy (non-hydrogen) atoms. The number of hydrogen-bond acceptors (Lipinski definition) is 3. The number of carbonyl (C=O) groups is 1. The van der Waals surface area contributed by atoms with Gasteiger partial charge in [0.2, 0.25) is 5.91 Å². The molecular formula is C14H20BrN3O. The molecule has 104 valence electrons. The third-order valence-electron chi connectivity index (χ3n) is 3.36. The standard InChI is InChI=1S/C14H20BrN3O/c1-11(18-7-5-16-6-8-18)9-14(19)17-13-4-2-3-12(15)10-13/h2-4,10-11,16H,5-9H2,1H3,(H,17,19). The Kier molecular flexibility index (Phi) is 5.36. The molecule has 1 aromatic rings. The summed E-state index contributed by atoms with van der Waals surface area (Å²) in [6.07, 6.45) is 0.534. The van der Waals surface area contributed by atoms with Crippen molar-refractivity contribution in [2.45, 2.75) is 19.4 Å². The van der Waals surface area contributed by atoms with E-state index in [9.17, 15) is 4.79 Å². The minimum absolute atomic E-state index is 0.0733. The monoisotopic (exact) mass is 325 g/mol. The van der Waals surface area contributed by atoms with E-state index in [1.165, 1.54) is 0 Å². The topological polar surface area (TPSA) is 44.4 Å². The molecular weight excluding hydrogens is 306 g/mol. The molecule has 0 bridgehead atoms. The van der Waals surface area contributed by atoms with Gasteiger partial charge in [0.15, 0.2) is 0 Å². The third-order valence-corrected chi connectivity index (χ3v) is 3.86. The molecule has 1 aliphatic heterocycles. The van der Waals surface area contributed by atoms with Crippen molar-refractivity contribution in [1.82, 2.24) is 10.2 Å². The van der Waals surface area contributed by atoms with Gasteiger partial charge in [-0.3, -0.25) is 9.69 Å². The Morgan fingerprint density at radius 1 is 1.47 bits per heavy atom. The molecule has 1 amide bonds. The van der Waals surface area contributed by atoms with E-state index in [0.717, 1.165) is 36.3 Å². The average molecular weight is 326 g/mol. The number of carbonyl (C=O) groups excluding carboxylic acids is 1. The zero-order valence-electron chi connectivity index (χ0n) is 11.2. The summed E-state index contributed by atoms with van der Waals surface area (Å²) >= 11 is 3.40. The first-order valence-corrected chi connectivity index (χ1v) is 7.44. The highest BCUT2D eigenvalue weighted by Crippen LogP contribution is 2.16. The molecule has 2 N–H and O–H groups in total. The molecule has 2 rings (SSSR count). The molecule has 1 fully saturated rings. The molecule has 0 radical (unpaired) electrons. The summed E-state index contributed by atoms with van der Waals surface area (Å²) in [5.74, 6) is 0.0733. The van der Waals surface area contributed by atoms with Crippen molar-refractivity contribution >= 4 is 27.5 Å². The van der Waals surface area contributed by atoms with Crippen LogP contribution in [0.4, 0.5) is 5.69 Å². The maximum atomic E-state index is 12.0. The molecule has 5 heteroatoms. The van der Waals surface area contributed by atoms with E-state index in [0.29, 0.717) is 6.42 Å². The number of anilines is 1. The van der Waals surface area contributed by atoms with Crippen LogP contribution >= 0.6 is 15.9 Å². The number of piperazine rings is 1. The fraction of sp³-hybridized carbons (Fsp3) is 0.500. The molecule has 0 aromatic heterocycles. The smallest absolute Gasteiger partial charge is 0.225 e. The van der Waals surface area contributed by atoms with Crippen LogP contribution in [-0.2, 0) is 4.79 Å². The lowest BCUT2D eigenvalue weighted by Crippen LogP contribution is -2.48. The van der Waals surface area contributed by atoms with Gasteiger partial charge in [0.25, 0.3) is 0 Å². The molecule has 0 saturated carbocycles. The lowest BCUT2D eigenvalue weighted by molar-refractivity contribution is -0.117. The predicted octanol–water partition coefficient (Wildman–Crippen LogP) is 2.07. The minimum atomic E-state index is 0.0733. The summed E-state index contributed by atoms with van der Waals surface area (Å²) in [6, 6.07) is 7.96. The Morgan fingerprint density at radius 3 is 2.89 bits per heavy atom. The highest BCUT2D eigenvalue weighted by Gasteiger charge is 2.18. The van der Waals surface area contributed by atoms with Gasteiger partial charge in [-0.05, 0) is 25.1 Å². The number of nitrogens with one attached hydrogen (secondary N) is 2. The van der Waals surface area contributed by atoms with Crippen LogP contribution in [0.1, 0.15) is 13.3 Å². The van der Waals surface area contributed by atoms with Crippen molar-refractivity contribution in [2.24, 2.45) is 0 Å². The van der Waals surface area contributed by atoms with Crippen molar-refractivity contribution in [1.29, 1.82) is 0 Å². The van der Waals surface area contributed by atoms with E-state index >= 15 is 0 Å². The number of halogens is 1. The summed E-state index contributed by atoms with van der Waals surface area (Å²) < 4.78 is 0.973. The minimum Gasteiger partial charge on any atom is -0.326 e. The average Bonchev–Trinajstić information content (AvgIpc) is 2.39. The van der Waals surface area contributed by atoms with Crippen LogP contribution in [0.15, 0.2) is 28.7 Å². The van der Waals surface area contributed by atoms with E-state index in [-0.39, 0.29) is 11.9 Å². The van der Waals surface area contributed by atoms with Crippen LogP contribution < -0.4 is 10.6 Å². The molecule has 1 unspecified atom stereocenters.